The van der Waals surface area contributed by atoms with Crippen LogP contribution in [0, 0.1) is 5.92 Å². The summed E-state index contributed by atoms with van der Waals surface area (Å²) in [5, 5.41) is 4.18. The first-order valence-corrected chi connectivity index (χ1v) is 9.81. The largest absolute Gasteiger partial charge is 0.497 e. The van der Waals surface area contributed by atoms with Gasteiger partial charge >= 0.3 is 0 Å². The quantitative estimate of drug-likeness (QED) is 0.878. The summed E-state index contributed by atoms with van der Waals surface area (Å²) in [4.78, 5) is 19.3. The minimum atomic E-state index is 0.0882. The molecule has 2 aromatic rings. The van der Waals surface area contributed by atoms with E-state index in [4.69, 9.17) is 9.47 Å². The Labute approximate surface area is 159 Å². The van der Waals surface area contributed by atoms with Gasteiger partial charge < -0.3 is 19.7 Å². The molecule has 144 valence electrons. The number of carbonyl (C=O) groups is 1. The number of fused-ring (bicyclic) bond motifs is 1. The summed E-state index contributed by atoms with van der Waals surface area (Å²) in [5.74, 6) is 1.09. The van der Waals surface area contributed by atoms with Gasteiger partial charge in [0.2, 0.25) is 5.91 Å². The van der Waals surface area contributed by atoms with Crippen LogP contribution < -0.4 is 15.0 Å². The third-order valence-electron chi connectivity index (χ3n) is 5.66. The number of hydrogen-bond donors (Lipinski definition) is 1. The van der Waals surface area contributed by atoms with Crippen molar-refractivity contribution in [2.24, 2.45) is 5.92 Å². The fourth-order valence-electron chi connectivity index (χ4n) is 4.06. The van der Waals surface area contributed by atoms with Crippen LogP contribution >= 0.6 is 0 Å². The highest BCUT2D eigenvalue weighted by atomic mass is 16.5. The second-order valence-electron chi connectivity index (χ2n) is 7.35. The van der Waals surface area contributed by atoms with Gasteiger partial charge in [0, 0.05) is 49.4 Å². The molecule has 1 aromatic carbocycles. The van der Waals surface area contributed by atoms with E-state index in [-0.39, 0.29) is 17.9 Å². The summed E-state index contributed by atoms with van der Waals surface area (Å²) in [6.07, 6.45) is 5.94. The SMILES string of the molecule is COc1ccc2nccc(N3CCC(C(=O)NCC4CCCO4)CC3)c2c1. The summed E-state index contributed by atoms with van der Waals surface area (Å²) in [6.45, 7) is 3.21. The zero-order chi connectivity index (χ0) is 18.6. The molecule has 1 aromatic heterocycles. The molecule has 0 radical (unpaired) electrons. The van der Waals surface area contributed by atoms with E-state index in [1.54, 1.807) is 7.11 Å². The highest BCUT2D eigenvalue weighted by molar-refractivity contribution is 5.92. The molecule has 3 heterocycles. The van der Waals surface area contributed by atoms with Crippen LogP contribution in [0.1, 0.15) is 25.7 Å². The molecule has 4 rings (SSSR count). The highest BCUT2D eigenvalue weighted by Gasteiger charge is 2.27. The second-order valence-corrected chi connectivity index (χ2v) is 7.35. The van der Waals surface area contributed by atoms with Gasteiger partial charge in [-0.2, -0.15) is 0 Å². The van der Waals surface area contributed by atoms with Gasteiger partial charge in [0.1, 0.15) is 5.75 Å². The van der Waals surface area contributed by atoms with Gasteiger partial charge in [0.15, 0.2) is 0 Å². The molecule has 1 unspecified atom stereocenters. The molecule has 27 heavy (non-hydrogen) atoms. The Balaban J connectivity index is 1.39. The zero-order valence-corrected chi connectivity index (χ0v) is 15.8. The number of nitrogens with zero attached hydrogens (tertiary/aromatic N) is 2. The number of anilines is 1. The van der Waals surface area contributed by atoms with E-state index in [0.29, 0.717) is 6.54 Å². The third kappa shape index (κ3) is 4.00. The molecule has 1 N–H and O–H groups in total. The average Bonchev–Trinajstić information content (AvgIpc) is 3.25. The van der Waals surface area contributed by atoms with Crippen LogP contribution in [-0.2, 0) is 9.53 Å². The summed E-state index contributed by atoms with van der Waals surface area (Å²) < 4.78 is 11.0. The zero-order valence-electron chi connectivity index (χ0n) is 15.8. The lowest BCUT2D eigenvalue weighted by Crippen LogP contribution is -2.42. The molecule has 0 spiro atoms. The number of ether oxygens (including phenoxy) is 2. The molecule has 1 amide bonds. The fraction of sp³-hybridized carbons (Fsp3) is 0.524. The molecule has 0 saturated carbocycles. The van der Waals surface area contributed by atoms with Crippen molar-refractivity contribution in [2.75, 3.05) is 38.3 Å². The van der Waals surface area contributed by atoms with Crippen molar-refractivity contribution in [1.29, 1.82) is 0 Å². The number of nitrogens with one attached hydrogen (secondary N) is 1. The Bertz CT molecular complexity index is 796. The predicted molar refractivity (Wildman–Crippen MR) is 105 cm³/mol. The van der Waals surface area contributed by atoms with Crippen molar-refractivity contribution in [3.8, 4) is 5.75 Å². The summed E-state index contributed by atoms with van der Waals surface area (Å²) in [6, 6.07) is 8.02. The van der Waals surface area contributed by atoms with E-state index in [0.717, 1.165) is 67.7 Å². The number of rotatable bonds is 5. The van der Waals surface area contributed by atoms with Crippen molar-refractivity contribution in [3.63, 3.8) is 0 Å². The molecule has 2 aliphatic heterocycles. The number of carbonyl (C=O) groups excluding carboxylic acids is 1. The standard InChI is InChI=1S/C21H27N3O3/c1-26-16-4-5-19-18(13-16)20(6-9-22-19)24-10-7-15(8-11-24)21(25)23-14-17-3-2-12-27-17/h4-6,9,13,15,17H,2-3,7-8,10-12,14H2,1H3,(H,23,25). The first-order chi connectivity index (χ1) is 13.2. The predicted octanol–water partition coefficient (Wildman–Crippen LogP) is 2.76. The van der Waals surface area contributed by atoms with Crippen molar-refractivity contribution in [3.05, 3.63) is 30.5 Å². The molecular formula is C21H27N3O3. The van der Waals surface area contributed by atoms with Crippen LogP contribution in [-0.4, -0.2) is 50.3 Å². The Morgan fingerprint density at radius 1 is 1.30 bits per heavy atom. The molecular weight excluding hydrogens is 342 g/mol. The minimum absolute atomic E-state index is 0.0882. The van der Waals surface area contributed by atoms with Gasteiger partial charge in [-0.05, 0) is 49.9 Å². The van der Waals surface area contributed by atoms with Gasteiger partial charge in [-0.15, -0.1) is 0 Å². The van der Waals surface area contributed by atoms with E-state index in [9.17, 15) is 4.79 Å². The molecule has 1 atom stereocenters. The Hall–Kier alpha value is -2.34. The number of methoxy groups -OCH3 is 1. The lowest BCUT2D eigenvalue weighted by atomic mass is 9.95. The Kier molecular flexibility index (Phi) is 5.43. The number of piperidine rings is 1. The molecule has 2 fully saturated rings. The smallest absolute Gasteiger partial charge is 0.223 e. The molecule has 0 aliphatic carbocycles. The maximum atomic E-state index is 12.5. The van der Waals surface area contributed by atoms with Gasteiger partial charge in [-0.1, -0.05) is 0 Å². The molecule has 0 bridgehead atoms. The first kappa shape index (κ1) is 18.0. The van der Waals surface area contributed by atoms with E-state index in [2.05, 4.69) is 21.3 Å². The van der Waals surface area contributed by atoms with Crippen LogP contribution in [0.15, 0.2) is 30.5 Å². The molecule has 2 saturated heterocycles. The van der Waals surface area contributed by atoms with E-state index in [1.807, 2.05) is 24.4 Å². The summed E-state index contributed by atoms with van der Waals surface area (Å²) in [7, 11) is 1.68. The topological polar surface area (TPSA) is 63.7 Å². The first-order valence-electron chi connectivity index (χ1n) is 9.81. The maximum Gasteiger partial charge on any atom is 0.223 e. The highest BCUT2D eigenvalue weighted by Crippen LogP contribution is 2.31. The number of aromatic nitrogens is 1. The lowest BCUT2D eigenvalue weighted by molar-refractivity contribution is -0.126. The fourth-order valence-corrected chi connectivity index (χ4v) is 4.06. The molecule has 2 aliphatic rings. The minimum Gasteiger partial charge on any atom is -0.497 e. The third-order valence-corrected chi connectivity index (χ3v) is 5.66. The molecule has 6 heteroatoms. The van der Waals surface area contributed by atoms with Crippen molar-refractivity contribution < 1.29 is 14.3 Å². The van der Waals surface area contributed by atoms with Gasteiger partial charge in [-0.3, -0.25) is 9.78 Å². The number of amides is 1. The van der Waals surface area contributed by atoms with Crippen molar-refractivity contribution >= 4 is 22.5 Å². The number of benzene rings is 1. The number of pyridine rings is 1. The van der Waals surface area contributed by atoms with Gasteiger partial charge in [-0.25, -0.2) is 0 Å². The van der Waals surface area contributed by atoms with E-state index in [1.165, 1.54) is 0 Å². The maximum absolute atomic E-state index is 12.5. The van der Waals surface area contributed by atoms with Gasteiger partial charge in [0.05, 0.1) is 18.7 Å². The van der Waals surface area contributed by atoms with Gasteiger partial charge in [0.25, 0.3) is 0 Å². The molecule has 6 nitrogen and oxygen atoms in total. The van der Waals surface area contributed by atoms with Crippen LogP contribution in [0.4, 0.5) is 5.69 Å². The number of hydrogen-bond acceptors (Lipinski definition) is 5. The Morgan fingerprint density at radius 3 is 2.89 bits per heavy atom. The van der Waals surface area contributed by atoms with Crippen molar-refractivity contribution in [2.45, 2.75) is 31.8 Å². The van der Waals surface area contributed by atoms with E-state index < -0.39 is 0 Å². The van der Waals surface area contributed by atoms with Crippen molar-refractivity contribution in [1.82, 2.24) is 10.3 Å². The monoisotopic (exact) mass is 369 g/mol. The van der Waals surface area contributed by atoms with E-state index >= 15 is 0 Å². The summed E-state index contributed by atoms with van der Waals surface area (Å²) in [5.41, 5.74) is 2.13. The lowest BCUT2D eigenvalue weighted by Gasteiger charge is -2.33. The van der Waals surface area contributed by atoms with Crippen LogP contribution in [0.2, 0.25) is 0 Å². The normalized spacial score (nSPS) is 20.8. The summed E-state index contributed by atoms with van der Waals surface area (Å²) >= 11 is 0. The Morgan fingerprint density at radius 2 is 2.15 bits per heavy atom. The second kappa shape index (κ2) is 8.13. The van der Waals surface area contributed by atoms with Crippen LogP contribution in [0.5, 0.6) is 5.75 Å². The van der Waals surface area contributed by atoms with Crippen LogP contribution in [0.25, 0.3) is 10.9 Å². The average molecular weight is 369 g/mol. The van der Waals surface area contributed by atoms with Crippen LogP contribution in [0.3, 0.4) is 0 Å².